The predicted molar refractivity (Wildman–Crippen MR) is 56.5 cm³/mol. The Hall–Kier alpha value is -0.490. The van der Waals surface area contributed by atoms with Crippen LogP contribution in [0.25, 0.3) is 0 Å². The first-order chi connectivity index (χ1) is 7.33. The summed E-state index contributed by atoms with van der Waals surface area (Å²) < 4.78 is 10.8. The molecule has 2 aliphatic rings. The van der Waals surface area contributed by atoms with Gasteiger partial charge in [0, 0.05) is 5.38 Å². The molecule has 5 heteroatoms. The van der Waals surface area contributed by atoms with Gasteiger partial charge in [-0.25, -0.2) is 4.98 Å². The first kappa shape index (κ1) is 9.72. The van der Waals surface area contributed by atoms with E-state index < -0.39 is 0 Å². The Labute approximate surface area is 92.6 Å². The molecule has 15 heavy (non-hydrogen) atoms. The lowest BCUT2D eigenvalue weighted by Crippen LogP contribution is -2.31. The van der Waals surface area contributed by atoms with Crippen molar-refractivity contribution >= 4 is 11.3 Å². The lowest BCUT2D eigenvalue weighted by Gasteiger charge is -2.32. The van der Waals surface area contributed by atoms with Gasteiger partial charge in [0.2, 0.25) is 6.29 Å². The number of hydrogen-bond acceptors (Lipinski definition) is 5. The van der Waals surface area contributed by atoms with E-state index in [9.17, 15) is 0 Å². The van der Waals surface area contributed by atoms with Gasteiger partial charge in [0.1, 0.15) is 10.7 Å². The number of nitrogens with one attached hydrogen (secondary N) is 1. The number of hydrogen-bond donors (Lipinski definition) is 1. The number of ether oxygens (including phenoxy) is 2. The van der Waals surface area contributed by atoms with E-state index in [4.69, 9.17) is 9.47 Å². The van der Waals surface area contributed by atoms with E-state index >= 15 is 0 Å². The second-order valence-corrected chi connectivity index (χ2v) is 4.82. The number of thiazole rings is 1. The molecule has 2 fully saturated rings. The lowest BCUT2D eigenvalue weighted by atomic mass is 10.2. The van der Waals surface area contributed by atoms with E-state index in [2.05, 4.69) is 10.3 Å². The molecular weight excluding hydrogens is 212 g/mol. The summed E-state index contributed by atoms with van der Waals surface area (Å²) in [5, 5.41) is 6.63. The zero-order valence-electron chi connectivity index (χ0n) is 8.60. The molecule has 0 bridgehead atoms. The Bertz CT molecular complexity index is 343. The van der Waals surface area contributed by atoms with Gasteiger partial charge in [-0.3, -0.25) is 0 Å². The summed E-state index contributed by atoms with van der Waals surface area (Å²) in [7, 11) is 0. The molecule has 0 saturated carbocycles. The average Bonchev–Trinajstić information content (AvgIpc) is 2.83. The van der Waals surface area contributed by atoms with Crippen LogP contribution in [0.5, 0.6) is 0 Å². The van der Waals surface area contributed by atoms with Crippen molar-refractivity contribution in [2.75, 3.05) is 6.54 Å². The molecule has 2 saturated heterocycles. The zero-order chi connectivity index (χ0) is 10.3. The van der Waals surface area contributed by atoms with Gasteiger partial charge in [-0.2, -0.15) is 0 Å². The van der Waals surface area contributed by atoms with Gasteiger partial charge in [-0.15, -0.1) is 11.3 Å². The summed E-state index contributed by atoms with van der Waals surface area (Å²) in [6, 6.07) is 0.446. The maximum atomic E-state index is 5.40. The van der Waals surface area contributed by atoms with Crippen molar-refractivity contribution in [1.29, 1.82) is 0 Å². The largest absolute Gasteiger partial charge is 0.318 e. The molecule has 0 spiro atoms. The van der Waals surface area contributed by atoms with Gasteiger partial charge in [0.05, 0.1) is 6.04 Å². The van der Waals surface area contributed by atoms with Crippen LogP contribution in [0.1, 0.15) is 42.8 Å². The van der Waals surface area contributed by atoms with Gasteiger partial charge in [0.15, 0.2) is 6.29 Å². The van der Waals surface area contributed by atoms with Crippen LogP contribution in [0.3, 0.4) is 0 Å². The Morgan fingerprint density at radius 1 is 1.53 bits per heavy atom. The highest BCUT2D eigenvalue weighted by molar-refractivity contribution is 7.09. The quantitative estimate of drug-likeness (QED) is 0.837. The first-order valence-corrected chi connectivity index (χ1v) is 6.20. The van der Waals surface area contributed by atoms with E-state index in [1.54, 1.807) is 11.3 Å². The van der Waals surface area contributed by atoms with Crippen molar-refractivity contribution in [3.8, 4) is 0 Å². The van der Waals surface area contributed by atoms with Crippen LogP contribution in [0.15, 0.2) is 5.38 Å². The van der Waals surface area contributed by atoms with Gasteiger partial charge in [-0.1, -0.05) is 0 Å². The van der Waals surface area contributed by atoms with Crippen molar-refractivity contribution in [2.24, 2.45) is 0 Å². The van der Waals surface area contributed by atoms with Gasteiger partial charge < -0.3 is 14.8 Å². The van der Waals surface area contributed by atoms with E-state index in [0.29, 0.717) is 6.04 Å². The standard InChI is InChI=1S/C10H14N2O2S/c1-6-13-10(14-6)8-5-15-9(12-8)7-3-2-4-11-7/h5-7,10-11H,2-4H2,1H3/t6?,7-,10?/m1/s1. The molecule has 1 N–H and O–H groups in total. The van der Waals surface area contributed by atoms with Crippen molar-refractivity contribution in [2.45, 2.75) is 38.4 Å². The summed E-state index contributed by atoms with van der Waals surface area (Å²) in [5.41, 5.74) is 0.918. The Morgan fingerprint density at radius 3 is 3.07 bits per heavy atom. The average molecular weight is 226 g/mol. The topological polar surface area (TPSA) is 43.4 Å². The molecule has 0 aromatic carbocycles. The first-order valence-electron chi connectivity index (χ1n) is 5.32. The maximum Gasteiger partial charge on any atom is 0.207 e. The van der Waals surface area contributed by atoms with Crippen molar-refractivity contribution in [1.82, 2.24) is 10.3 Å². The summed E-state index contributed by atoms with van der Waals surface area (Å²) in [6.07, 6.45) is 2.12. The lowest BCUT2D eigenvalue weighted by molar-refractivity contribution is -0.383. The number of nitrogens with zero attached hydrogens (tertiary/aromatic N) is 1. The molecule has 82 valence electrons. The molecule has 1 atom stereocenters. The van der Waals surface area contributed by atoms with Crippen LogP contribution >= 0.6 is 11.3 Å². The number of rotatable bonds is 2. The highest BCUT2D eigenvalue weighted by atomic mass is 32.1. The van der Waals surface area contributed by atoms with Crippen LogP contribution in [-0.4, -0.2) is 17.8 Å². The van der Waals surface area contributed by atoms with Crippen LogP contribution in [0, 0.1) is 0 Å². The third-order valence-corrected chi connectivity index (χ3v) is 3.75. The third kappa shape index (κ3) is 1.80. The minimum atomic E-state index is -0.230. The van der Waals surface area contributed by atoms with Gasteiger partial charge in [-0.05, 0) is 26.3 Å². The second-order valence-electron chi connectivity index (χ2n) is 3.93. The molecule has 3 heterocycles. The van der Waals surface area contributed by atoms with Crippen LogP contribution < -0.4 is 5.32 Å². The van der Waals surface area contributed by atoms with Crippen molar-refractivity contribution in [3.63, 3.8) is 0 Å². The maximum absolute atomic E-state index is 5.40. The van der Waals surface area contributed by atoms with Crippen LogP contribution in [0.4, 0.5) is 0 Å². The Balaban J connectivity index is 1.70. The van der Waals surface area contributed by atoms with Crippen molar-refractivity contribution < 1.29 is 9.47 Å². The molecule has 0 aliphatic carbocycles. The van der Waals surface area contributed by atoms with E-state index in [0.717, 1.165) is 17.2 Å². The molecule has 0 amide bonds. The molecule has 3 rings (SSSR count). The van der Waals surface area contributed by atoms with Crippen LogP contribution in [0.2, 0.25) is 0 Å². The Morgan fingerprint density at radius 2 is 2.40 bits per heavy atom. The third-order valence-electron chi connectivity index (χ3n) is 2.77. The minimum absolute atomic E-state index is 0.0789. The van der Waals surface area contributed by atoms with Crippen LogP contribution in [-0.2, 0) is 9.47 Å². The predicted octanol–water partition coefficient (Wildman–Crippen LogP) is 1.96. The smallest absolute Gasteiger partial charge is 0.207 e. The SMILES string of the molecule is CC1OC(c2csc([C@H]3CCCN3)n2)O1. The molecule has 2 aliphatic heterocycles. The fourth-order valence-corrected chi connectivity index (χ4v) is 2.89. The molecule has 0 unspecified atom stereocenters. The molecule has 1 aromatic heterocycles. The zero-order valence-corrected chi connectivity index (χ0v) is 9.42. The molecule has 1 aromatic rings. The fourth-order valence-electron chi connectivity index (χ4n) is 1.96. The molecular formula is C10H14N2O2S. The van der Waals surface area contributed by atoms with Crippen molar-refractivity contribution in [3.05, 3.63) is 16.1 Å². The monoisotopic (exact) mass is 226 g/mol. The molecule has 0 radical (unpaired) electrons. The van der Waals surface area contributed by atoms with Gasteiger partial charge in [0.25, 0.3) is 0 Å². The highest BCUT2D eigenvalue weighted by Crippen LogP contribution is 2.34. The summed E-state index contributed by atoms with van der Waals surface area (Å²) >= 11 is 1.69. The van der Waals surface area contributed by atoms with E-state index in [-0.39, 0.29) is 12.6 Å². The highest BCUT2D eigenvalue weighted by Gasteiger charge is 2.31. The summed E-state index contributed by atoms with van der Waals surface area (Å²) in [6.45, 7) is 3.00. The second kappa shape index (κ2) is 3.83. The minimum Gasteiger partial charge on any atom is -0.318 e. The Kier molecular flexibility index (Phi) is 2.48. The van der Waals surface area contributed by atoms with Gasteiger partial charge >= 0.3 is 0 Å². The number of aromatic nitrogens is 1. The molecule has 4 nitrogen and oxygen atoms in total. The normalized spacial score (nSPS) is 35.4. The van der Waals surface area contributed by atoms with E-state index in [1.807, 2.05) is 12.3 Å². The fraction of sp³-hybridized carbons (Fsp3) is 0.700. The van der Waals surface area contributed by atoms with E-state index in [1.165, 1.54) is 12.8 Å². The summed E-state index contributed by atoms with van der Waals surface area (Å²) in [4.78, 5) is 4.55. The summed E-state index contributed by atoms with van der Waals surface area (Å²) in [5.74, 6) is 0.